The Morgan fingerprint density at radius 2 is 2.00 bits per heavy atom. The molecular weight excluding hydrogens is 303 g/mol. The van der Waals surface area contributed by atoms with Gasteiger partial charge >= 0.3 is 12.0 Å². The van der Waals surface area contributed by atoms with Crippen molar-refractivity contribution >= 4 is 23.6 Å². The molecular formula is C13H16ClFN2O4. The summed E-state index contributed by atoms with van der Waals surface area (Å²) in [7, 11) is 0. The summed E-state index contributed by atoms with van der Waals surface area (Å²) in [6, 6.07) is 3.58. The number of carbonyl (C=O) groups excluding carboxylic acids is 1. The molecule has 0 aromatic heterocycles. The molecule has 0 aliphatic heterocycles. The Morgan fingerprint density at radius 1 is 1.29 bits per heavy atom. The Morgan fingerprint density at radius 3 is 2.67 bits per heavy atom. The van der Waals surface area contributed by atoms with E-state index in [1.54, 1.807) is 0 Å². The van der Waals surface area contributed by atoms with Gasteiger partial charge in [0.15, 0.2) is 0 Å². The van der Waals surface area contributed by atoms with E-state index in [1.807, 2.05) is 0 Å². The highest BCUT2D eigenvalue weighted by atomic mass is 35.5. The molecule has 0 atom stereocenters. The van der Waals surface area contributed by atoms with E-state index in [4.69, 9.17) is 21.4 Å². The maximum atomic E-state index is 12.9. The summed E-state index contributed by atoms with van der Waals surface area (Å²) in [6.07, 6.45) is 0.377. The fourth-order valence-electron chi connectivity index (χ4n) is 1.40. The number of amides is 2. The topological polar surface area (TPSA) is 87.7 Å². The van der Waals surface area contributed by atoms with Gasteiger partial charge in [0.25, 0.3) is 0 Å². The van der Waals surface area contributed by atoms with Crippen LogP contribution < -0.4 is 15.4 Å². The van der Waals surface area contributed by atoms with Crippen molar-refractivity contribution in [3.05, 3.63) is 29.0 Å². The van der Waals surface area contributed by atoms with E-state index >= 15 is 0 Å². The van der Waals surface area contributed by atoms with Crippen LogP contribution in [0.1, 0.15) is 12.8 Å². The molecule has 116 valence electrons. The molecule has 0 saturated heterocycles. The first-order valence-corrected chi connectivity index (χ1v) is 6.68. The van der Waals surface area contributed by atoms with Crippen LogP contribution in [0.15, 0.2) is 18.2 Å². The van der Waals surface area contributed by atoms with Crippen LogP contribution in [0.3, 0.4) is 0 Å². The molecule has 0 aliphatic carbocycles. The molecule has 0 unspecified atom stereocenters. The van der Waals surface area contributed by atoms with Gasteiger partial charge in [0.1, 0.15) is 18.2 Å². The summed E-state index contributed by atoms with van der Waals surface area (Å²) in [4.78, 5) is 21.6. The van der Waals surface area contributed by atoms with Crippen molar-refractivity contribution in [1.82, 2.24) is 10.6 Å². The third-order valence-corrected chi connectivity index (χ3v) is 2.69. The molecule has 8 heteroatoms. The quantitative estimate of drug-likeness (QED) is 0.640. The van der Waals surface area contributed by atoms with Gasteiger partial charge < -0.3 is 20.5 Å². The van der Waals surface area contributed by atoms with Crippen LogP contribution in [0.25, 0.3) is 0 Å². The molecule has 0 bridgehead atoms. The molecule has 2 amide bonds. The number of ether oxygens (including phenoxy) is 1. The summed E-state index contributed by atoms with van der Waals surface area (Å²) >= 11 is 5.59. The molecule has 0 radical (unpaired) electrons. The van der Waals surface area contributed by atoms with Gasteiger partial charge in [-0.1, -0.05) is 11.6 Å². The Labute approximate surface area is 126 Å². The Balaban J connectivity index is 2.11. The predicted molar refractivity (Wildman–Crippen MR) is 75.2 cm³/mol. The zero-order chi connectivity index (χ0) is 15.7. The highest BCUT2D eigenvalue weighted by Crippen LogP contribution is 2.20. The lowest BCUT2D eigenvalue weighted by Gasteiger charge is -2.09. The number of rotatable bonds is 8. The van der Waals surface area contributed by atoms with Crippen LogP contribution in [-0.2, 0) is 4.79 Å². The van der Waals surface area contributed by atoms with E-state index in [1.165, 1.54) is 18.2 Å². The molecule has 1 aromatic carbocycles. The highest BCUT2D eigenvalue weighted by Gasteiger charge is 2.03. The Bertz CT molecular complexity index is 499. The number of benzene rings is 1. The maximum absolute atomic E-state index is 12.9. The second-order valence-electron chi connectivity index (χ2n) is 4.10. The minimum absolute atomic E-state index is 0.00865. The van der Waals surface area contributed by atoms with Crippen LogP contribution in [0.5, 0.6) is 5.75 Å². The second-order valence-corrected chi connectivity index (χ2v) is 4.51. The van der Waals surface area contributed by atoms with E-state index in [-0.39, 0.29) is 31.1 Å². The van der Waals surface area contributed by atoms with Gasteiger partial charge in [0.05, 0.1) is 11.6 Å². The summed E-state index contributed by atoms with van der Waals surface area (Å²) in [5.41, 5.74) is 0. The third kappa shape index (κ3) is 7.36. The number of halogens is 2. The van der Waals surface area contributed by atoms with Gasteiger partial charge in [-0.25, -0.2) is 9.18 Å². The van der Waals surface area contributed by atoms with Gasteiger partial charge in [-0.15, -0.1) is 0 Å². The number of hydrogen-bond acceptors (Lipinski definition) is 3. The lowest BCUT2D eigenvalue weighted by molar-refractivity contribution is -0.137. The van der Waals surface area contributed by atoms with Crippen LogP contribution >= 0.6 is 11.6 Å². The lowest BCUT2D eigenvalue weighted by Crippen LogP contribution is -2.38. The lowest BCUT2D eigenvalue weighted by atomic mass is 10.3. The predicted octanol–water partition coefficient (Wildman–Crippen LogP) is 2.02. The zero-order valence-corrected chi connectivity index (χ0v) is 12.0. The van der Waals surface area contributed by atoms with Crippen molar-refractivity contribution in [2.75, 3.05) is 19.7 Å². The van der Waals surface area contributed by atoms with Crippen LogP contribution in [-0.4, -0.2) is 36.8 Å². The molecule has 0 heterocycles. The molecule has 0 aliphatic rings. The van der Waals surface area contributed by atoms with Crippen LogP contribution in [0.4, 0.5) is 9.18 Å². The number of aliphatic carboxylic acids is 1. The maximum Gasteiger partial charge on any atom is 0.314 e. The summed E-state index contributed by atoms with van der Waals surface area (Å²) in [6.45, 7) is 0.733. The van der Waals surface area contributed by atoms with E-state index in [0.29, 0.717) is 12.2 Å². The largest absolute Gasteiger partial charge is 0.492 e. The van der Waals surface area contributed by atoms with Gasteiger partial charge in [-0.3, -0.25) is 4.79 Å². The van der Waals surface area contributed by atoms with Crippen molar-refractivity contribution in [1.29, 1.82) is 0 Å². The molecule has 0 saturated carbocycles. The summed E-state index contributed by atoms with van der Waals surface area (Å²) < 4.78 is 18.2. The second kappa shape index (κ2) is 9.02. The van der Waals surface area contributed by atoms with Crippen molar-refractivity contribution in [3.8, 4) is 5.75 Å². The van der Waals surface area contributed by atoms with Gasteiger partial charge in [0.2, 0.25) is 0 Å². The fraction of sp³-hybridized carbons (Fsp3) is 0.385. The van der Waals surface area contributed by atoms with E-state index in [9.17, 15) is 14.0 Å². The van der Waals surface area contributed by atoms with Gasteiger partial charge in [-0.2, -0.15) is 0 Å². The standard InChI is InChI=1S/C13H16ClFN2O4/c14-10-8-9(3-4-11(10)15)21-7-6-17-13(20)16-5-1-2-12(18)19/h3-4,8H,1-2,5-7H2,(H,18,19)(H2,16,17,20). The molecule has 3 N–H and O–H groups in total. The summed E-state index contributed by atoms with van der Waals surface area (Å²) in [5.74, 6) is -1.02. The molecule has 1 rings (SSSR count). The van der Waals surface area contributed by atoms with E-state index in [0.717, 1.165) is 0 Å². The van der Waals surface area contributed by atoms with Crippen LogP contribution in [0, 0.1) is 5.82 Å². The number of nitrogens with one attached hydrogen (secondary N) is 2. The molecule has 0 fully saturated rings. The molecule has 6 nitrogen and oxygen atoms in total. The normalized spacial score (nSPS) is 10.0. The Hall–Kier alpha value is -2.02. The number of urea groups is 1. The molecule has 21 heavy (non-hydrogen) atoms. The number of carbonyl (C=O) groups is 2. The zero-order valence-electron chi connectivity index (χ0n) is 11.2. The van der Waals surface area contributed by atoms with Gasteiger partial charge in [-0.05, 0) is 18.6 Å². The first kappa shape index (κ1) is 17.0. The number of carboxylic acid groups (broad SMARTS) is 1. The van der Waals surface area contributed by atoms with Crippen molar-refractivity contribution in [2.24, 2.45) is 0 Å². The smallest absolute Gasteiger partial charge is 0.314 e. The van der Waals surface area contributed by atoms with Crippen molar-refractivity contribution in [3.63, 3.8) is 0 Å². The van der Waals surface area contributed by atoms with Crippen molar-refractivity contribution in [2.45, 2.75) is 12.8 Å². The molecule has 1 aromatic rings. The summed E-state index contributed by atoms with van der Waals surface area (Å²) in [5, 5.41) is 13.4. The third-order valence-electron chi connectivity index (χ3n) is 2.40. The molecule has 0 spiro atoms. The minimum Gasteiger partial charge on any atom is -0.492 e. The van der Waals surface area contributed by atoms with Gasteiger partial charge in [0, 0.05) is 19.0 Å². The number of carboxylic acids is 1. The Kier molecular flexibility index (Phi) is 7.31. The minimum atomic E-state index is -0.899. The van der Waals surface area contributed by atoms with E-state index in [2.05, 4.69) is 10.6 Å². The average Bonchev–Trinajstić information content (AvgIpc) is 2.43. The highest BCUT2D eigenvalue weighted by molar-refractivity contribution is 6.30. The fourth-order valence-corrected chi connectivity index (χ4v) is 1.57. The SMILES string of the molecule is O=C(O)CCCNC(=O)NCCOc1ccc(F)c(Cl)c1. The van der Waals surface area contributed by atoms with E-state index < -0.39 is 17.8 Å². The van der Waals surface area contributed by atoms with Crippen molar-refractivity contribution < 1.29 is 23.8 Å². The first-order valence-electron chi connectivity index (χ1n) is 6.30. The van der Waals surface area contributed by atoms with Crippen LogP contribution in [0.2, 0.25) is 5.02 Å². The first-order chi connectivity index (χ1) is 9.99. The monoisotopic (exact) mass is 318 g/mol. The average molecular weight is 319 g/mol. The number of hydrogen-bond donors (Lipinski definition) is 3.